The lowest BCUT2D eigenvalue weighted by Crippen LogP contribution is -1.90. The number of pyridine rings is 1. The van der Waals surface area contributed by atoms with Crippen LogP contribution in [0.4, 0.5) is 0 Å². The van der Waals surface area contributed by atoms with E-state index in [-0.39, 0.29) is 6.61 Å². The zero-order chi connectivity index (χ0) is 8.55. The van der Waals surface area contributed by atoms with Gasteiger partial charge in [-0.3, -0.25) is 9.67 Å². The van der Waals surface area contributed by atoms with Gasteiger partial charge in [0.2, 0.25) is 0 Å². The van der Waals surface area contributed by atoms with Gasteiger partial charge < -0.3 is 5.11 Å². The quantitative estimate of drug-likeness (QED) is 0.664. The fraction of sp³-hybridized carbons (Fsp3) is 0.250. The van der Waals surface area contributed by atoms with Crippen LogP contribution in [0.2, 0.25) is 0 Å². The molecule has 0 aliphatic rings. The van der Waals surface area contributed by atoms with Gasteiger partial charge in [0, 0.05) is 24.8 Å². The van der Waals surface area contributed by atoms with Gasteiger partial charge >= 0.3 is 0 Å². The maximum Gasteiger partial charge on any atom is 0.0972 e. The molecular weight excluding hydrogens is 154 g/mol. The third-order valence-corrected chi connectivity index (χ3v) is 1.88. The van der Waals surface area contributed by atoms with Crippen LogP contribution in [0.3, 0.4) is 0 Å². The molecule has 0 aliphatic carbocycles. The molecule has 0 radical (unpaired) electrons. The lowest BCUT2D eigenvalue weighted by Gasteiger charge is -1.89. The van der Waals surface area contributed by atoms with E-state index in [0.717, 1.165) is 10.9 Å². The van der Waals surface area contributed by atoms with Gasteiger partial charge in [0.25, 0.3) is 0 Å². The summed E-state index contributed by atoms with van der Waals surface area (Å²) in [7, 11) is 1.85. The van der Waals surface area contributed by atoms with Crippen molar-refractivity contribution in [3.63, 3.8) is 0 Å². The highest BCUT2D eigenvalue weighted by atomic mass is 16.3. The second kappa shape index (κ2) is 2.57. The van der Waals surface area contributed by atoms with Gasteiger partial charge in [-0.05, 0) is 6.07 Å². The van der Waals surface area contributed by atoms with E-state index in [0.29, 0.717) is 5.69 Å². The molecule has 4 heteroatoms. The summed E-state index contributed by atoms with van der Waals surface area (Å²) in [5.41, 5.74) is 1.68. The molecule has 0 spiro atoms. The van der Waals surface area contributed by atoms with E-state index >= 15 is 0 Å². The Labute approximate surface area is 69.5 Å². The first kappa shape index (κ1) is 7.24. The van der Waals surface area contributed by atoms with Crippen molar-refractivity contribution in [2.24, 2.45) is 7.05 Å². The smallest absolute Gasteiger partial charge is 0.0972 e. The summed E-state index contributed by atoms with van der Waals surface area (Å²) >= 11 is 0. The van der Waals surface area contributed by atoms with Gasteiger partial charge in [0.05, 0.1) is 17.8 Å². The lowest BCUT2D eigenvalue weighted by atomic mass is 10.3. The summed E-state index contributed by atoms with van der Waals surface area (Å²) < 4.78 is 1.74. The summed E-state index contributed by atoms with van der Waals surface area (Å²) in [4.78, 5) is 3.97. The van der Waals surface area contributed by atoms with Crippen LogP contribution in [0.25, 0.3) is 10.9 Å². The number of aromatic nitrogens is 3. The van der Waals surface area contributed by atoms with E-state index in [1.165, 1.54) is 0 Å². The Morgan fingerprint density at radius 3 is 3.17 bits per heavy atom. The van der Waals surface area contributed by atoms with Gasteiger partial charge in [-0.2, -0.15) is 5.10 Å². The normalized spacial score (nSPS) is 10.8. The molecule has 0 saturated heterocycles. The molecule has 62 valence electrons. The minimum absolute atomic E-state index is 0.0387. The average molecular weight is 163 g/mol. The summed E-state index contributed by atoms with van der Waals surface area (Å²) in [5, 5.41) is 14.0. The molecule has 0 amide bonds. The molecule has 2 heterocycles. The number of fused-ring (bicyclic) bond motifs is 1. The molecule has 0 bridgehead atoms. The largest absolute Gasteiger partial charge is 0.390 e. The highest BCUT2D eigenvalue weighted by Crippen LogP contribution is 2.15. The third kappa shape index (κ3) is 0.887. The Morgan fingerprint density at radius 2 is 2.42 bits per heavy atom. The molecule has 0 saturated carbocycles. The van der Waals surface area contributed by atoms with Crippen molar-refractivity contribution >= 4 is 10.9 Å². The average Bonchev–Trinajstić information content (AvgIpc) is 2.44. The van der Waals surface area contributed by atoms with Crippen molar-refractivity contribution in [1.29, 1.82) is 0 Å². The van der Waals surface area contributed by atoms with Crippen LogP contribution in [0, 0.1) is 0 Å². The van der Waals surface area contributed by atoms with Crippen LogP contribution in [0.15, 0.2) is 18.5 Å². The molecule has 2 aromatic rings. The minimum atomic E-state index is -0.0387. The summed E-state index contributed by atoms with van der Waals surface area (Å²) in [6.45, 7) is -0.0387. The molecule has 0 fully saturated rings. The Hall–Kier alpha value is -1.42. The van der Waals surface area contributed by atoms with E-state index in [1.54, 1.807) is 17.1 Å². The summed E-state index contributed by atoms with van der Waals surface area (Å²) in [6, 6.07) is 1.88. The van der Waals surface area contributed by atoms with Crippen molar-refractivity contribution in [3.8, 4) is 0 Å². The topological polar surface area (TPSA) is 50.9 Å². The number of aliphatic hydroxyl groups is 1. The number of aliphatic hydroxyl groups excluding tert-OH is 1. The van der Waals surface area contributed by atoms with Crippen LogP contribution < -0.4 is 0 Å². The molecule has 12 heavy (non-hydrogen) atoms. The predicted molar refractivity (Wildman–Crippen MR) is 44.4 cm³/mol. The molecule has 4 nitrogen and oxygen atoms in total. The maximum atomic E-state index is 8.95. The van der Waals surface area contributed by atoms with E-state index in [1.807, 2.05) is 13.1 Å². The highest BCUT2D eigenvalue weighted by molar-refractivity contribution is 5.80. The second-order valence-electron chi connectivity index (χ2n) is 2.62. The summed E-state index contributed by atoms with van der Waals surface area (Å²) in [6.07, 6.45) is 3.43. The number of aryl methyl sites for hydroxylation is 1. The molecular formula is C8H9N3O. The van der Waals surface area contributed by atoms with Gasteiger partial charge in [0.1, 0.15) is 0 Å². The van der Waals surface area contributed by atoms with E-state index in [2.05, 4.69) is 10.1 Å². The number of nitrogens with zero attached hydrogens (tertiary/aromatic N) is 3. The van der Waals surface area contributed by atoms with Gasteiger partial charge in [-0.15, -0.1) is 0 Å². The SMILES string of the molecule is Cn1nc(CO)c2cnccc21. The van der Waals surface area contributed by atoms with Gasteiger partial charge in [-0.25, -0.2) is 0 Å². The molecule has 1 N–H and O–H groups in total. The Kier molecular flexibility index (Phi) is 1.55. The van der Waals surface area contributed by atoms with Crippen LogP contribution >= 0.6 is 0 Å². The Bertz CT molecular complexity index is 408. The first-order valence-corrected chi connectivity index (χ1v) is 3.69. The Balaban J connectivity index is 2.82. The number of hydrogen-bond donors (Lipinski definition) is 1. The van der Waals surface area contributed by atoms with Crippen molar-refractivity contribution in [2.45, 2.75) is 6.61 Å². The van der Waals surface area contributed by atoms with Crippen molar-refractivity contribution in [3.05, 3.63) is 24.2 Å². The fourth-order valence-corrected chi connectivity index (χ4v) is 1.30. The van der Waals surface area contributed by atoms with Crippen LogP contribution in [0.5, 0.6) is 0 Å². The molecule has 0 atom stereocenters. The highest BCUT2D eigenvalue weighted by Gasteiger charge is 2.05. The zero-order valence-corrected chi connectivity index (χ0v) is 6.73. The third-order valence-electron chi connectivity index (χ3n) is 1.88. The molecule has 0 unspecified atom stereocenters. The first-order valence-electron chi connectivity index (χ1n) is 3.69. The monoisotopic (exact) mass is 163 g/mol. The predicted octanol–water partition coefficient (Wildman–Crippen LogP) is 0.461. The lowest BCUT2D eigenvalue weighted by molar-refractivity contribution is 0.277. The Morgan fingerprint density at radius 1 is 1.58 bits per heavy atom. The fourth-order valence-electron chi connectivity index (χ4n) is 1.30. The maximum absolute atomic E-state index is 8.95. The first-order chi connectivity index (χ1) is 5.83. The van der Waals surface area contributed by atoms with E-state index < -0.39 is 0 Å². The standard InChI is InChI=1S/C8H9N3O/c1-11-8-2-3-9-4-6(8)7(5-12)10-11/h2-4,12H,5H2,1H3. The van der Waals surface area contributed by atoms with Crippen molar-refractivity contribution in [1.82, 2.24) is 14.8 Å². The zero-order valence-electron chi connectivity index (χ0n) is 6.73. The molecule has 0 aromatic carbocycles. The molecule has 2 rings (SSSR count). The van der Waals surface area contributed by atoms with Crippen LogP contribution in [-0.4, -0.2) is 19.9 Å². The summed E-state index contributed by atoms with van der Waals surface area (Å²) in [5.74, 6) is 0. The number of hydrogen-bond acceptors (Lipinski definition) is 3. The van der Waals surface area contributed by atoms with Crippen LogP contribution in [0.1, 0.15) is 5.69 Å². The van der Waals surface area contributed by atoms with Gasteiger partial charge in [-0.1, -0.05) is 0 Å². The van der Waals surface area contributed by atoms with Crippen LogP contribution in [-0.2, 0) is 13.7 Å². The molecule has 0 aliphatic heterocycles. The minimum Gasteiger partial charge on any atom is -0.390 e. The van der Waals surface area contributed by atoms with Crippen molar-refractivity contribution < 1.29 is 5.11 Å². The van der Waals surface area contributed by atoms with Crippen molar-refractivity contribution in [2.75, 3.05) is 0 Å². The van der Waals surface area contributed by atoms with E-state index in [9.17, 15) is 0 Å². The second-order valence-corrected chi connectivity index (χ2v) is 2.62. The number of rotatable bonds is 1. The molecule has 2 aromatic heterocycles. The van der Waals surface area contributed by atoms with E-state index in [4.69, 9.17) is 5.11 Å². The van der Waals surface area contributed by atoms with Gasteiger partial charge in [0.15, 0.2) is 0 Å².